The third-order valence-corrected chi connectivity index (χ3v) is 6.14. The van der Waals surface area contributed by atoms with Crippen LogP contribution < -0.4 is 5.32 Å². The molecule has 0 atom stereocenters. The standard InChI is InChI=1S/C24H29ClN4O/c1-17(2)29-22-6-4-3-5-21(22)27-23(29)16-28-13-11-19(12-14-28)24(30)26-15-18-7-9-20(25)10-8-18/h3-10,17,19H,11-16H2,1-2H3,(H,26,30). The molecule has 1 saturated heterocycles. The summed E-state index contributed by atoms with van der Waals surface area (Å²) in [6.45, 7) is 7.62. The van der Waals surface area contributed by atoms with E-state index in [1.165, 1.54) is 5.52 Å². The van der Waals surface area contributed by atoms with Gasteiger partial charge in [-0.15, -0.1) is 0 Å². The van der Waals surface area contributed by atoms with E-state index in [0.717, 1.165) is 49.4 Å². The molecule has 2 aromatic carbocycles. The van der Waals surface area contributed by atoms with Gasteiger partial charge >= 0.3 is 0 Å². The molecule has 2 heterocycles. The maximum atomic E-state index is 12.6. The fourth-order valence-corrected chi connectivity index (χ4v) is 4.40. The lowest BCUT2D eigenvalue weighted by Crippen LogP contribution is -2.40. The number of piperidine rings is 1. The van der Waals surface area contributed by atoms with Crippen LogP contribution in [0.15, 0.2) is 48.5 Å². The van der Waals surface area contributed by atoms with Gasteiger partial charge in [0, 0.05) is 23.5 Å². The van der Waals surface area contributed by atoms with Crippen LogP contribution in [0, 0.1) is 5.92 Å². The zero-order valence-corrected chi connectivity index (χ0v) is 18.4. The van der Waals surface area contributed by atoms with Crippen molar-refractivity contribution in [3.8, 4) is 0 Å². The molecule has 1 fully saturated rings. The zero-order chi connectivity index (χ0) is 21.1. The number of amides is 1. The fraction of sp³-hybridized carbons (Fsp3) is 0.417. The molecule has 6 heteroatoms. The number of nitrogens with zero attached hydrogens (tertiary/aromatic N) is 3. The number of carbonyl (C=O) groups excluding carboxylic acids is 1. The van der Waals surface area contributed by atoms with Crippen molar-refractivity contribution in [2.75, 3.05) is 13.1 Å². The number of carbonyl (C=O) groups is 1. The fourth-order valence-electron chi connectivity index (χ4n) is 4.27. The number of benzene rings is 2. The predicted molar refractivity (Wildman–Crippen MR) is 121 cm³/mol. The van der Waals surface area contributed by atoms with E-state index in [-0.39, 0.29) is 11.8 Å². The highest BCUT2D eigenvalue weighted by Gasteiger charge is 2.26. The van der Waals surface area contributed by atoms with Gasteiger partial charge in [0.2, 0.25) is 5.91 Å². The molecule has 0 aliphatic carbocycles. The molecule has 4 rings (SSSR count). The van der Waals surface area contributed by atoms with Gasteiger partial charge in [-0.25, -0.2) is 4.98 Å². The van der Waals surface area contributed by atoms with Gasteiger partial charge < -0.3 is 9.88 Å². The molecule has 5 nitrogen and oxygen atoms in total. The summed E-state index contributed by atoms with van der Waals surface area (Å²) in [5.74, 6) is 1.34. The Balaban J connectivity index is 1.32. The van der Waals surface area contributed by atoms with Crippen LogP contribution in [0.4, 0.5) is 0 Å². The van der Waals surface area contributed by atoms with Crippen molar-refractivity contribution in [2.24, 2.45) is 5.92 Å². The molecule has 0 unspecified atom stereocenters. The molecule has 1 aliphatic heterocycles. The van der Waals surface area contributed by atoms with Crippen LogP contribution in [0.5, 0.6) is 0 Å². The Bertz CT molecular complexity index is 1000. The van der Waals surface area contributed by atoms with E-state index in [9.17, 15) is 4.79 Å². The van der Waals surface area contributed by atoms with Crippen LogP contribution in [0.25, 0.3) is 11.0 Å². The molecule has 0 radical (unpaired) electrons. The lowest BCUT2D eigenvalue weighted by atomic mass is 9.96. The molecular weight excluding hydrogens is 396 g/mol. The quantitative estimate of drug-likeness (QED) is 0.618. The number of halogens is 1. The highest BCUT2D eigenvalue weighted by Crippen LogP contribution is 2.24. The molecule has 1 aliphatic rings. The number of hydrogen-bond donors (Lipinski definition) is 1. The van der Waals surface area contributed by atoms with Crippen molar-refractivity contribution >= 4 is 28.5 Å². The van der Waals surface area contributed by atoms with E-state index in [1.54, 1.807) is 0 Å². The lowest BCUT2D eigenvalue weighted by molar-refractivity contribution is -0.126. The second-order valence-corrected chi connectivity index (χ2v) is 8.81. The van der Waals surface area contributed by atoms with Gasteiger partial charge in [0.05, 0.1) is 17.6 Å². The van der Waals surface area contributed by atoms with Gasteiger partial charge in [-0.1, -0.05) is 35.9 Å². The van der Waals surface area contributed by atoms with E-state index in [4.69, 9.17) is 16.6 Å². The van der Waals surface area contributed by atoms with Crippen LogP contribution in [0.3, 0.4) is 0 Å². The first kappa shape index (κ1) is 20.9. The number of imidazole rings is 1. The Labute approximate surface area is 183 Å². The van der Waals surface area contributed by atoms with Crippen molar-refractivity contribution < 1.29 is 4.79 Å². The summed E-state index contributed by atoms with van der Waals surface area (Å²) in [6, 6.07) is 16.3. The van der Waals surface area contributed by atoms with Gasteiger partial charge in [0.15, 0.2) is 0 Å². The zero-order valence-electron chi connectivity index (χ0n) is 17.6. The number of para-hydroxylation sites is 2. The maximum Gasteiger partial charge on any atom is 0.223 e. The van der Waals surface area contributed by atoms with E-state index in [1.807, 2.05) is 30.3 Å². The third-order valence-electron chi connectivity index (χ3n) is 5.89. The van der Waals surface area contributed by atoms with E-state index < -0.39 is 0 Å². The lowest BCUT2D eigenvalue weighted by Gasteiger charge is -2.31. The Kier molecular flexibility index (Phi) is 6.40. The molecule has 1 N–H and O–H groups in total. The summed E-state index contributed by atoms with van der Waals surface area (Å²) in [5.41, 5.74) is 3.31. The summed E-state index contributed by atoms with van der Waals surface area (Å²) < 4.78 is 2.33. The average Bonchev–Trinajstić information content (AvgIpc) is 3.11. The van der Waals surface area contributed by atoms with Gasteiger partial charge in [0.25, 0.3) is 0 Å². The van der Waals surface area contributed by atoms with Gasteiger partial charge in [-0.05, 0) is 69.6 Å². The van der Waals surface area contributed by atoms with Crippen LogP contribution in [-0.4, -0.2) is 33.4 Å². The molecular formula is C24H29ClN4O. The minimum absolute atomic E-state index is 0.0810. The highest BCUT2D eigenvalue weighted by molar-refractivity contribution is 6.30. The Morgan fingerprint density at radius 2 is 1.83 bits per heavy atom. The van der Waals surface area contributed by atoms with Crippen LogP contribution in [-0.2, 0) is 17.9 Å². The van der Waals surface area contributed by atoms with Crippen molar-refractivity contribution in [1.29, 1.82) is 0 Å². The smallest absolute Gasteiger partial charge is 0.223 e. The summed E-state index contributed by atoms with van der Waals surface area (Å²) in [5, 5.41) is 3.79. The average molecular weight is 425 g/mol. The topological polar surface area (TPSA) is 50.2 Å². The Morgan fingerprint density at radius 1 is 1.13 bits per heavy atom. The Morgan fingerprint density at radius 3 is 2.53 bits per heavy atom. The molecule has 158 valence electrons. The van der Waals surface area contributed by atoms with Crippen molar-refractivity contribution in [3.63, 3.8) is 0 Å². The molecule has 0 spiro atoms. The normalized spacial score (nSPS) is 15.7. The predicted octanol–water partition coefficient (Wildman–Crippen LogP) is 4.80. The van der Waals surface area contributed by atoms with E-state index in [2.05, 4.69) is 46.8 Å². The molecule has 3 aromatic rings. The first-order valence-corrected chi connectivity index (χ1v) is 11.1. The minimum Gasteiger partial charge on any atom is -0.352 e. The first-order chi connectivity index (χ1) is 14.5. The van der Waals surface area contributed by atoms with Crippen molar-refractivity contribution in [1.82, 2.24) is 19.8 Å². The molecule has 30 heavy (non-hydrogen) atoms. The molecule has 0 saturated carbocycles. The van der Waals surface area contributed by atoms with Crippen LogP contribution >= 0.6 is 11.6 Å². The van der Waals surface area contributed by atoms with Crippen molar-refractivity contribution in [3.05, 3.63) is 64.9 Å². The SMILES string of the molecule is CC(C)n1c(CN2CCC(C(=O)NCc3ccc(Cl)cc3)CC2)nc2ccccc21. The van der Waals surface area contributed by atoms with Gasteiger partial charge in [-0.2, -0.15) is 0 Å². The second kappa shape index (κ2) is 9.19. The third kappa shape index (κ3) is 4.68. The number of aromatic nitrogens is 2. The van der Waals surface area contributed by atoms with Crippen molar-refractivity contribution in [2.45, 2.75) is 45.8 Å². The number of fused-ring (bicyclic) bond motifs is 1. The highest BCUT2D eigenvalue weighted by atomic mass is 35.5. The molecule has 0 bridgehead atoms. The van der Waals surface area contributed by atoms with Crippen LogP contribution in [0.1, 0.15) is 44.1 Å². The summed E-state index contributed by atoms with van der Waals surface area (Å²) in [7, 11) is 0. The number of nitrogens with one attached hydrogen (secondary N) is 1. The van der Waals surface area contributed by atoms with Crippen LogP contribution in [0.2, 0.25) is 5.02 Å². The Hall–Kier alpha value is -2.37. The molecule has 1 aromatic heterocycles. The monoisotopic (exact) mass is 424 g/mol. The number of likely N-dealkylation sites (tertiary alicyclic amines) is 1. The number of rotatable bonds is 6. The number of hydrogen-bond acceptors (Lipinski definition) is 3. The summed E-state index contributed by atoms with van der Waals surface area (Å²) in [6.07, 6.45) is 1.77. The van der Waals surface area contributed by atoms with E-state index in [0.29, 0.717) is 17.6 Å². The second-order valence-electron chi connectivity index (χ2n) is 8.38. The minimum atomic E-state index is 0.0810. The largest absolute Gasteiger partial charge is 0.352 e. The molecule has 1 amide bonds. The first-order valence-electron chi connectivity index (χ1n) is 10.7. The summed E-state index contributed by atoms with van der Waals surface area (Å²) in [4.78, 5) is 19.9. The van der Waals surface area contributed by atoms with E-state index >= 15 is 0 Å². The van der Waals surface area contributed by atoms with Gasteiger partial charge in [-0.3, -0.25) is 9.69 Å². The van der Waals surface area contributed by atoms with Gasteiger partial charge in [0.1, 0.15) is 5.82 Å². The summed E-state index contributed by atoms with van der Waals surface area (Å²) >= 11 is 5.92. The maximum absolute atomic E-state index is 12.6.